The number of aromatic nitrogens is 3. The Morgan fingerprint density at radius 1 is 1.27 bits per heavy atom. The first-order valence-electron chi connectivity index (χ1n) is 8.35. The van der Waals surface area contributed by atoms with Gasteiger partial charge in [-0.05, 0) is 44.1 Å². The molecular formula is C17H22N4O. The number of nitrogens with one attached hydrogen (secondary N) is 1. The van der Waals surface area contributed by atoms with E-state index in [9.17, 15) is 4.79 Å². The fraction of sp³-hybridized carbons (Fsp3) is 0.588. The quantitative estimate of drug-likeness (QED) is 0.942. The first kappa shape index (κ1) is 13.7. The lowest BCUT2D eigenvalue weighted by molar-refractivity contribution is 0.515. The van der Waals surface area contributed by atoms with Crippen LogP contribution in [0.4, 0.5) is 5.95 Å². The van der Waals surface area contributed by atoms with Crippen molar-refractivity contribution in [2.75, 3.05) is 11.9 Å². The largest absolute Gasteiger partial charge is 0.354 e. The minimum atomic E-state index is 0.0729. The second-order valence-electron chi connectivity index (χ2n) is 6.73. The zero-order valence-corrected chi connectivity index (χ0v) is 13.0. The highest BCUT2D eigenvalue weighted by Gasteiger charge is 2.23. The Morgan fingerprint density at radius 2 is 2.05 bits per heavy atom. The first-order valence-corrected chi connectivity index (χ1v) is 8.35. The summed E-state index contributed by atoms with van der Waals surface area (Å²) in [6.45, 7) is 2.90. The van der Waals surface area contributed by atoms with Gasteiger partial charge in [-0.2, -0.15) is 4.98 Å². The van der Waals surface area contributed by atoms with Gasteiger partial charge < -0.3 is 5.32 Å². The van der Waals surface area contributed by atoms with Crippen molar-refractivity contribution >= 4 is 17.0 Å². The summed E-state index contributed by atoms with van der Waals surface area (Å²) in [5.41, 5.74) is 1.83. The molecule has 0 unspecified atom stereocenters. The van der Waals surface area contributed by atoms with Gasteiger partial charge in [0.25, 0.3) is 5.56 Å². The number of anilines is 1. The number of nitrogens with zero attached hydrogens (tertiary/aromatic N) is 3. The molecule has 0 bridgehead atoms. The maximum atomic E-state index is 12.5. The van der Waals surface area contributed by atoms with Crippen molar-refractivity contribution in [3.8, 4) is 0 Å². The Kier molecular flexibility index (Phi) is 3.36. The zero-order valence-electron chi connectivity index (χ0n) is 13.0. The SMILES string of the molecule is Cc1cc(=O)n(C2CCCC2)c2nc(NCC3CC3)ncc12. The molecule has 4 rings (SSSR count). The van der Waals surface area contributed by atoms with Gasteiger partial charge in [0, 0.05) is 30.2 Å². The molecule has 2 aliphatic rings. The molecule has 0 amide bonds. The van der Waals surface area contributed by atoms with E-state index in [1.807, 2.05) is 17.7 Å². The molecule has 2 fully saturated rings. The zero-order chi connectivity index (χ0) is 15.1. The van der Waals surface area contributed by atoms with Crippen molar-refractivity contribution in [1.82, 2.24) is 14.5 Å². The van der Waals surface area contributed by atoms with Crippen molar-refractivity contribution in [2.45, 2.75) is 51.5 Å². The lowest BCUT2D eigenvalue weighted by Gasteiger charge is -2.17. The first-order chi connectivity index (χ1) is 10.7. The standard InChI is InChI=1S/C17H22N4O/c1-11-8-15(22)21(13-4-2-3-5-13)16-14(11)10-19-17(20-16)18-9-12-6-7-12/h8,10,12-13H,2-7,9H2,1H3,(H,18,19,20). The minimum Gasteiger partial charge on any atom is -0.354 e. The number of pyridine rings is 1. The molecule has 2 saturated carbocycles. The second kappa shape index (κ2) is 5.38. The average molecular weight is 298 g/mol. The lowest BCUT2D eigenvalue weighted by Crippen LogP contribution is -2.25. The summed E-state index contributed by atoms with van der Waals surface area (Å²) in [5, 5.41) is 4.31. The highest BCUT2D eigenvalue weighted by molar-refractivity contribution is 5.79. The molecule has 0 spiro atoms. The van der Waals surface area contributed by atoms with Gasteiger partial charge in [0.15, 0.2) is 0 Å². The third kappa shape index (κ3) is 2.49. The van der Waals surface area contributed by atoms with E-state index in [4.69, 9.17) is 0 Å². The van der Waals surface area contributed by atoms with Crippen LogP contribution in [0, 0.1) is 12.8 Å². The van der Waals surface area contributed by atoms with E-state index in [1.54, 1.807) is 6.07 Å². The van der Waals surface area contributed by atoms with Crippen LogP contribution in [-0.2, 0) is 0 Å². The van der Waals surface area contributed by atoms with Crippen LogP contribution in [0.5, 0.6) is 0 Å². The Morgan fingerprint density at radius 3 is 2.77 bits per heavy atom. The topological polar surface area (TPSA) is 59.8 Å². The Labute approximate surface area is 129 Å². The molecule has 5 heteroatoms. The van der Waals surface area contributed by atoms with E-state index in [1.165, 1.54) is 25.7 Å². The summed E-state index contributed by atoms with van der Waals surface area (Å²) in [4.78, 5) is 21.6. The Balaban J connectivity index is 1.80. The molecule has 2 aromatic heterocycles. The monoisotopic (exact) mass is 298 g/mol. The third-order valence-electron chi connectivity index (χ3n) is 4.93. The van der Waals surface area contributed by atoms with Crippen molar-refractivity contribution in [3.05, 3.63) is 28.2 Å². The molecule has 5 nitrogen and oxygen atoms in total. The van der Waals surface area contributed by atoms with Crippen molar-refractivity contribution in [2.24, 2.45) is 5.92 Å². The van der Waals surface area contributed by atoms with E-state index < -0.39 is 0 Å². The molecule has 0 atom stereocenters. The summed E-state index contributed by atoms with van der Waals surface area (Å²) in [5.74, 6) is 1.42. The van der Waals surface area contributed by atoms with Crippen LogP contribution in [0.15, 0.2) is 17.1 Å². The third-order valence-corrected chi connectivity index (χ3v) is 4.93. The summed E-state index contributed by atoms with van der Waals surface area (Å²) < 4.78 is 1.90. The summed E-state index contributed by atoms with van der Waals surface area (Å²) in [7, 11) is 0. The second-order valence-corrected chi connectivity index (χ2v) is 6.73. The van der Waals surface area contributed by atoms with Crippen molar-refractivity contribution in [3.63, 3.8) is 0 Å². The molecule has 2 heterocycles. The average Bonchev–Trinajstić information content (AvgIpc) is 3.19. The van der Waals surface area contributed by atoms with E-state index in [-0.39, 0.29) is 5.56 Å². The number of hydrogen-bond acceptors (Lipinski definition) is 4. The van der Waals surface area contributed by atoms with Crippen LogP contribution in [0.3, 0.4) is 0 Å². The van der Waals surface area contributed by atoms with Crippen LogP contribution < -0.4 is 10.9 Å². The van der Waals surface area contributed by atoms with E-state index in [0.29, 0.717) is 12.0 Å². The molecular weight excluding hydrogens is 276 g/mol. The summed E-state index contributed by atoms with van der Waals surface area (Å²) in [6, 6.07) is 2.02. The number of rotatable bonds is 4. The highest BCUT2D eigenvalue weighted by Crippen LogP contribution is 2.31. The normalized spacial score (nSPS) is 19.0. The molecule has 2 aliphatic carbocycles. The van der Waals surface area contributed by atoms with Crippen LogP contribution in [-0.4, -0.2) is 21.1 Å². The summed E-state index contributed by atoms with van der Waals surface area (Å²) in [6.07, 6.45) is 9.01. The molecule has 0 saturated heterocycles. The van der Waals surface area contributed by atoms with Gasteiger partial charge in [-0.25, -0.2) is 4.98 Å². The molecule has 1 N–H and O–H groups in total. The van der Waals surface area contributed by atoms with Crippen LogP contribution in [0.25, 0.3) is 11.0 Å². The van der Waals surface area contributed by atoms with Crippen LogP contribution >= 0.6 is 0 Å². The molecule has 22 heavy (non-hydrogen) atoms. The number of hydrogen-bond donors (Lipinski definition) is 1. The van der Waals surface area contributed by atoms with E-state index in [0.717, 1.165) is 41.9 Å². The van der Waals surface area contributed by atoms with Crippen molar-refractivity contribution in [1.29, 1.82) is 0 Å². The highest BCUT2D eigenvalue weighted by atomic mass is 16.1. The summed E-state index contributed by atoms with van der Waals surface area (Å²) >= 11 is 0. The van der Waals surface area contributed by atoms with Gasteiger partial charge in [-0.3, -0.25) is 9.36 Å². The van der Waals surface area contributed by atoms with Gasteiger partial charge in [-0.1, -0.05) is 12.8 Å². The Hall–Kier alpha value is -1.91. The van der Waals surface area contributed by atoms with Gasteiger partial charge in [0.2, 0.25) is 5.95 Å². The minimum absolute atomic E-state index is 0.0729. The molecule has 0 aliphatic heterocycles. The van der Waals surface area contributed by atoms with Crippen LogP contribution in [0.2, 0.25) is 0 Å². The lowest BCUT2D eigenvalue weighted by atomic mass is 10.1. The van der Waals surface area contributed by atoms with Gasteiger partial charge >= 0.3 is 0 Å². The van der Waals surface area contributed by atoms with E-state index in [2.05, 4.69) is 15.3 Å². The predicted molar refractivity (Wildman–Crippen MR) is 87.3 cm³/mol. The Bertz CT molecular complexity index is 757. The maximum absolute atomic E-state index is 12.5. The molecule has 2 aromatic rings. The number of fused-ring (bicyclic) bond motifs is 1. The molecule has 0 aromatic carbocycles. The smallest absolute Gasteiger partial charge is 0.252 e. The van der Waals surface area contributed by atoms with Gasteiger partial charge in [-0.15, -0.1) is 0 Å². The maximum Gasteiger partial charge on any atom is 0.252 e. The fourth-order valence-corrected chi connectivity index (χ4v) is 3.43. The van der Waals surface area contributed by atoms with Gasteiger partial charge in [0.1, 0.15) is 5.65 Å². The van der Waals surface area contributed by atoms with Crippen LogP contribution in [0.1, 0.15) is 50.1 Å². The van der Waals surface area contributed by atoms with Crippen molar-refractivity contribution < 1.29 is 0 Å². The fourth-order valence-electron chi connectivity index (χ4n) is 3.43. The predicted octanol–water partition coefficient (Wildman–Crippen LogP) is 3.04. The molecule has 0 radical (unpaired) electrons. The molecule has 116 valence electrons. The van der Waals surface area contributed by atoms with E-state index >= 15 is 0 Å². The van der Waals surface area contributed by atoms with Gasteiger partial charge in [0.05, 0.1) is 0 Å². The number of aryl methyl sites for hydroxylation is 1.